The fourth-order valence-corrected chi connectivity index (χ4v) is 3.93. The zero-order valence-corrected chi connectivity index (χ0v) is 16.6. The minimum atomic E-state index is -0.568. The topological polar surface area (TPSA) is 110 Å². The highest BCUT2D eigenvalue weighted by Gasteiger charge is 2.38. The summed E-state index contributed by atoms with van der Waals surface area (Å²) in [6, 6.07) is 9.50. The van der Waals surface area contributed by atoms with Crippen molar-refractivity contribution in [1.82, 2.24) is 9.80 Å². The molecule has 3 rings (SSSR count). The summed E-state index contributed by atoms with van der Waals surface area (Å²) in [5.74, 6) is -2.03. The van der Waals surface area contributed by atoms with E-state index in [1.807, 2.05) is 37.3 Å². The zero-order valence-electron chi connectivity index (χ0n) is 16.6. The summed E-state index contributed by atoms with van der Waals surface area (Å²) in [5, 5.41) is 0. The largest absolute Gasteiger partial charge is 0.455 e. The van der Waals surface area contributed by atoms with E-state index in [1.54, 1.807) is 9.80 Å². The maximum absolute atomic E-state index is 12.4. The van der Waals surface area contributed by atoms with Gasteiger partial charge in [-0.25, -0.2) is 0 Å². The van der Waals surface area contributed by atoms with Crippen LogP contribution >= 0.6 is 0 Å². The SMILES string of the molecule is C[C@H](c1ccccc1)N1C[C@H](C(=O)OCC(=O)N2CCC(C(N)=O)CC2)CC1=O. The molecule has 3 amide bonds. The third-order valence-electron chi connectivity index (χ3n) is 5.83. The van der Waals surface area contributed by atoms with Crippen molar-refractivity contribution in [3.05, 3.63) is 35.9 Å². The molecule has 0 spiro atoms. The highest BCUT2D eigenvalue weighted by Crippen LogP contribution is 2.29. The molecule has 2 saturated heterocycles. The fraction of sp³-hybridized carbons (Fsp3) is 0.524. The van der Waals surface area contributed by atoms with Gasteiger partial charge in [-0.2, -0.15) is 0 Å². The number of esters is 1. The minimum absolute atomic E-state index is 0.0915. The summed E-state index contributed by atoms with van der Waals surface area (Å²) in [7, 11) is 0. The molecule has 2 atom stereocenters. The first kappa shape index (κ1) is 20.8. The maximum atomic E-state index is 12.4. The highest BCUT2D eigenvalue weighted by atomic mass is 16.5. The molecule has 29 heavy (non-hydrogen) atoms. The summed E-state index contributed by atoms with van der Waals surface area (Å²) in [6.07, 6.45) is 1.14. The van der Waals surface area contributed by atoms with Gasteiger partial charge in [0.15, 0.2) is 6.61 Å². The smallest absolute Gasteiger partial charge is 0.311 e. The van der Waals surface area contributed by atoms with E-state index in [9.17, 15) is 19.2 Å². The summed E-state index contributed by atoms with van der Waals surface area (Å²) in [6.45, 7) is 2.72. The molecular weight excluding hydrogens is 374 g/mol. The van der Waals surface area contributed by atoms with E-state index in [0.717, 1.165) is 5.56 Å². The van der Waals surface area contributed by atoms with Crippen molar-refractivity contribution < 1.29 is 23.9 Å². The quantitative estimate of drug-likeness (QED) is 0.711. The molecule has 2 aliphatic rings. The molecule has 2 N–H and O–H groups in total. The normalized spacial score (nSPS) is 21.1. The van der Waals surface area contributed by atoms with Crippen molar-refractivity contribution in [3.8, 4) is 0 Å². The van der Waals surface area contributed by atoms with Crippen molar-refractivity contribution in [2.24, 2.45) is 17.6 Å². The number of likely N-dealkylation sites (tertiary alicyclic amines) is 2. The lowest BCUT2D eigenvalue weighted by Crippen LogP contribution is -2.43. The highest BCUT2D eigenvalue weighted by molar-refractivity contribution is 5.88. The van der Waals surface area contributed by atoms with Gasteiger partial charge in [-0.15, -0.1) is 0 Å². The Kier molecular flexibility index (Phi) is 6.51. The van der Waals surface area contributed by atoms with Crippen LogP contribution in [-0.2, 0) is 23.9 Å². The Balaban J connectivity index is 1.47. The molecule has 8 heteroatoms. The summed E-state index contributed by atoms with van der Waals surface area (Å²) >= 11 is 0. The van der Waals surface area contributed by atoms with Crippen molar-refractivity contribution in [1.29, 1.82) is 0 Å². The van der Waals surface area contributed by atoms with Gasteiger partial charge >= 0.3 is 5.97 Å². The van der Waals surface area contributed by atoms with Crippen LogP contribution in [0.5, 0.6) is 0 Å². The Bertz CT molecular complexity index is 774. The number of primary amides is 1. The van der Waals surface area contributed by atoms with Crippen molar-refractivity contribution in [3.63, 3.8) is 0 Å². The third-order valence-corrected chi connectivity index (χ3v) is 5.83. The van der Waals surface area contributed by atoms with Crippen LogP contribution in [0.1, 0.15) is 37.8 Å². The molecule has 2 fully saturated rings. The molecule has 0 unspecified atom stereocenters. The lowest BCUT2D eigenvalue weighted by atomic mass is 9.96. The van der Waals surface area contributed by atoms with Crippen molar-refractivity contribution >= 4 is 23.7 Å². The number of nitrogens with two attached hydrogens (primary N) is 1. The maximum Gasteiger partial charge on any atom is 0.311 e. The molecule has 0 aromatic heterocycles. The van der Waals surface area contributed by atoms with Crippen LogP contribution in [0.2, 0.25) is 0 Å². The van der Waals surface area contributed by atoms with E-state index < -0.39 is 11.9 Å². The molecular formula is C21H27N3O5. The number of rotatable bonds is 6. The number of piperidine rings is 1. The average molecular weight is 401 g/mol. The third kappa shape index (κ3) is 4.93. The van der Waals surface area contributed by atoms with Gasteiger partial charge in [0.25, 0.3) is 5.91 Å². The first-order valence-corrected chi connectivity index (χ1v) is 9.95. The average Bonchev–Trinajstić information content (AvgIpc) is 3.13. The number of carbonyl (C=O) groups excluding carboxylic acids is 4. The molecule has 0 radical (unpaired) electrons. The number of nitrogens with zero attached hydrogens (tertiary/aromatic N) is 2. The van der Waals surface area contributed by atoms with E-state index in [0.29, 0.717) is 25.9 Å². The number of benzene rings is 1. The van der Waals surface area contributed by atoms with Gasteiger partial charge in [-0.05, 0) is 25.3 Å². The summed E-state index contributed by atoms with van der Waals surface area (Å²) in [5.41, 5.74) is 6.30. The lowest BCUT2D eigenvalue weighted by Gasteiger charge is -2.30. The second-order valence-corrected chi connectivity index (χ2v) is 7.70. The molecule has 8 nitrogen and oxygen atoms in total. The van der Waals surface area contributed by atoms with Crippen LogP contribution in [0, 0.1) is 11.8 Å². The lowest BCUT2D eigenvalue weighted by molar-refractivity contribution is -0.155. The Morgan fingerprint density at radius 1 is 1.14 bits per heavy atom. The van der Waals surface area contributed by atoms with Gasteiger partial charge in [0.1, 0.15) is 0 Å². The molecule has 0 bridgehead atoms. The molecule has 1 aromatic carbocycles. The van der Waals surface area contributed by atoms with Crippen LogP contribution in [0.25, 0.3) is 0 Å². The minimum Gasteiger partial charge on any atom is -0.455 e. The van der Waals surface area contributed by atoms with Crippen LogP contribution in [0.15, 0.2) is 30.3 Å². The van der Waals surface area contributed by atoms with Crippen LogP contribution in [0.3, 0.4) is 0 Å². The second kappa shape index (κ2) is 9.07. The van der Waals surface area contributed by atoms with E-state index in [1.165, 1.54) is 0 Å². The van der Waals surface area contributed by atoms with E-state index in [-0.39, 0.29) is 49.3 Å². The molecule has 2 aliphatic heterocycles. The number of amides is 3. The number of carbonyl (C=O) groups is 4. The summed E-state index contributed by atoms with van der Waals surface area (Å²) < 4.78 is 5.20. The van der Waals surface area contributed by atoms with Gasteiger partial charge in [-0.1, -0.05) is 30.3 Å². The van der Waals surface area contributed by atoms with Crippen LogP contribution in [0.4, 0.5) is 0 Å². The standard InChI is InChI=1S/C21H27N3O5/c1-14(15-5-3-2-4-6-15)24-12-17(11-18(24)25)21(28)29-13-19(26)23-9-7-16(8-10-23)20(22)27/h2-6,14,16-17H,7-13H2,1H3,(H2,22,27)/t14-,17-/m1/s1. The monoisotopic (exact) mass is 401 g/mol. The van der Waals surface area contributed by atoms with Crippen molar-refractivity contribution in [2.45, 2.75) is 32.2 Å². The predicted octanol–water partition coefficient (Wildman–Crippen LogP) is 0.863. The first-order valence-electron chi connectivity index (χ1n) is 9.95. The van der Waals surface area contributed by atoms with Gasteiger partial charge in [0.05, 0.1) is 12.0 Å². The molecule has 0 saturated carbocycles. The van der Waals surface area contributed by atoms with E-state index in [4.69, 9.17) is 10.5 Å². The van der Waals surface area contributed by atoms with E-state index in [2.05, 4.69) is 0 Å². The second-order valence-electron chi connectivity index (χ2n) is 7.70. The summed E-state index contributed by atoms with van der Waals surface area (Å²) in [4.78, 5) is 51.5. The fourth-order valence-electron chi connectivity index (χ4n) is 3.93. The number of hydrogen-bond acceptors (Lipinski definition) is 5. The number of hydrogen-bond donors (Lipinski definition) is 1. The molecule has 0 aliphatic carbocycles. The zero-order chi connectivity index (χ0) is 21.0. The number of ether oxygens (including phenoxy) is 1. The molecule has 156 valence electrons. The van der Waals surface area contributed by atoms with Crippen LogP contribution in [-0.4, -0.2) is 59.7 Å². The first-order chi connectivity index (χ1) is 13.9. The van der Waals surface area contributed by atoms with Crippen molar-refractivity contribution in [2.75, 3.05) is 26.2 Å². The molecule has 1 aromatic rings. The Morgan fingerprint density at radius 2 is 1.79 bits per heavy atom. The van der Waals surface area contributed by atoms with Gasteiger partial charge in [-0.3, -0.25) is 19.2 Å². The van der Waals surface area contributed by atoms with Crippen LogP contribution < -0.4 is 5.73 Å². The van der Waals surface area contributed by atoms with Gasteiger partial charge in [0, 0.05) is 32.0 Å². The Labute approximate surface area is 170 Å². The van der Waals surface area contributed by atoms with E-state index >= 15 is 0 Å². The molecule has 2 heterocycles. The predicted molar refractivity (Wildman–Crippen MR) is 104 cm³/mol. The Hall–Kier alpha value is -2.90. The van der Waals surface area contributed by atoms with Gasteiger partial charge in [0.2, 0.25) is 11.8 Å². The van der Waals surface area contributed by atoms with Gasteiger partial charge < -0.3 is 20.3 Å². The Morgan fingerprint density at radius 3 is 2.41 bits per heavy atom.